The van der Waals surface area contributed by atoms with E-state index in [9.17, 15) is 14.4 Å². The lowest BCUT2D eigenvalue weighted by molar-refractivity contribution is -0.131. The highest BCUT2D eigenvalue weighted by Crippen LogP contribution is 2.11. The van der Waals surface area contributed by atoms with Crippen molar-refractivity contribution >= 4 is 23.5 Å². The zero-order valence-electron chi connectivity index (χ0n) is 10.5. The quantitative estimate of drug-likeness (QED) is 0.633. The second kappa shape index (κ2) is 6.34. The van der Waals surface area contributed by atoms with E-state index in [2.05, 4.69) is 10.1 Å². The van der Waals surface area contributed by atoms with Gasteiger partial charge in [0, 0.05) is 17.3 Å². The number of hydrogen-bond donors (Lipinski definition) is 2. The first kappa shape index (κ1) is 14.4. The first-order chi connectivity index (χ1) is 8.93. The number of nitrogens with one attached hydrogen (secondary N) is 1. The fraction of sp³-hybridized carbons (Fsp3) is 0.154. The van der Waals surface area contributed by atoms with Gasteiger partial charge in [-0.3, -0.25) is 4.79 Å². The van der Waals surface area contributed by atoms with Crippen LogP contribution in [0.1, 0.15) is 17.3 Å². The normalized spacial score (nSPS) is 10.7. The van der Waals surface area contributed by atoms with Crippen molar-refractivity contribution in [2.75, 3.05) is 12.4 Å². The molecule has 0 aromatic heterocycles. The van der Waals surface area contributed by atoms with Crippen molar-refractivity contribution in [2.45, 2.75) is 6.92 Å². The highest BCUT2D eigenvalue weighted by atomic mass is 16.5. The number of carbonyl (C=O) groups excluding carboxylic acids is 2. The Kier molecular flexibility index (Phi) is 4.82. The summed E-state index contributed by atoms with van der Waals surface area (Å²) in [6.45, 7) is 1.40. The SMILES string of the molecule is COC(=O)c1ccc(NC(=O)/C(C)=C\C(=O)O)cc1. The summed E-state index contributed by atoms with van der Waals surface area (Å²) >= 11 is 0. The second-order valence-corrected chi connectivity index (χ2v) is 3.69. The van der Waals surface area contributed by atoms with Crippen LogP contribution in [-0.4, -0.2) is 30.1 Å². The van der Waals surface area contributed by atoms with Gasteiger partial charge >= 0.3 is 11.9 Å². The van der Waals surface area contributed by atoms with Crippen molar-refractivity contribution in [1.82, 2.24) is 0 Å². The number of carbonyl (C=O) groups is 3. The van der Waals surface area contributed by atoms with Gasteiger partial charge in [-0.05, 0) is 31.2 Å². The van der Waals surface area contributed by atoms with Crippen LogP contribution in [0.15, 0.2) is 35.9 Å². The van der Waals surface area contributed by atoms with Crippen LogP contribution < -0.4 is 5.32 Å². The molecule has 0 atom stereocenters. The molecule has 0 bridgehead atoms. The number of ether oxygens (including phenoxy) is 1. The van der Waals surface area contributed by atoms with Crippen LogP contribution in [0.3, 0.4) is 0 Å². The molecular formula is C13H13NO5. The van der Waals surface area contributed by atoms with E-state index in [0.717, 1.165) is 6.08 Å². The smallest absolute Gasteiger partial charge is 0.337 e. The van der Waals surface area contributed by atoms with E-state index in [4.69, 9.17) is 5.11 Å². The number of carboxylic acids is 1. The van der Waals surface area contributed by atoms with Gasteiger partial charge in [-0.15, -0.1) is 0 Å². The minimum Gasteiger partial charge on any atom is -0.478 e. The Morgan fingerprint density at radius 1 is 1.21 bits per heavy atom. The molecule has 0 aliphatic heterocycles. The minimum absolute atomic E-state index is 0.0737. The summed E-state index contributed by atoms with van der Waals surface area (Å²) < 4.78 is 4.54. The minimum atomic E-state index is -1.19. The van der Waals surface area contributed by atoms with Crippen LogP contribution in [0, 0.1) is 0 Å². The molecule has 0 unspecified atom stereocenters. The number of hydrogen-bond acceptors (Lipinski definition) is 4. The van der Waals surface area contributed by atoms with E-state index in [1.54, 1.807) is 0 Å². The maximum absolute atomic E-state index is 11.6. The van der Waals surface area contributed by atoms with E-state index in [1.807, 2.05) is 0 Å². The van der Waals surface area contributed by atoms with Gasteiger partial charge in [0.1, 0.15) is 0 Å². The zero-order valence-corrected chi connectivity index (χ0v) is 10.5. The summed E-state index contributed by atoms with van der Waals surface area (Å²) in [4.78, 5) is 33.2. The van der Waals surface area contributed by atoms with Crippen LogP contribution in [0.5, 0.6) is 0 Å². The third kappa shape index (κ3) is 4.27. The van der Waals surface area contributed by atoms with Crippen LogP contribution in [0.4, 0.5) is 5.69 Å². The van der Waals surface area contributed by atoms with Gasteiger partial charge in [0.2, 0.25) is 0 Å². The van der Waals surface area contributed by atoms with E-state index in [1.165, 1.54) is 38.3 Å². The van der Waals surface area contributed by atoms with Crippen LogP contribution in [0.25, 0.3) is 0 Å². The Morgan fingerprint density at radius 2 is 1.79 bits per heavy atom. The molecule has 6 heteroatoms. The van der Waals surface area contributed by atoms with Crippen molar-refractivity contribution in [3.63, 3.8) is 0 Å². The van der Waals surface area contributed by atoms with Gasteiger partial charge in [0.15, 0.2) is 0 Å². The third-order valence-electron chi connectivity index (χ3n) is 2.26. The topological polar surface area (TPSA) is 92.7 Å². The molecular weight excluding hydrogens is 250 g/mol. The van der Waals surface area contributed by atoms with E-state index < -0.39 is 17.8 Å². The number of aliphatic carboxylic acids is 1. The third-order valence-corrected chi connectivity index (χ3v) is 2.26. The number of rotatable bonds is 4. The Morgan fingerprint density at radius 3 is 2.26 bits per heavy atom. The lowest BCUT2D eigenvalue weighted by atomic mass is 10.2. The average Bonchev–Trinajstić information content (AvgIpc) is 2.37. The molecule has 100 valence electrons. The number of carboxylic acid groups (broad SMARTS) is 1. The van der Waals surface area contributed by atoms with Gasteiger partial charge < -0.3 is 15.2 Å². The molecule has 1 rings (SSSR count). The molecule has 0 spiro atoms. The van der Waals surface area contributed by atoms with Gasteiger partial charge in [-0.25, -0.2) is 9.59 Å². The maximum atomic E-state index is 11.6. The van der Waals surface area contributed by atoms with Crippen molar-refractivity contribution in [1.29, 1.82) is 0 Å². The summed E-state index contributed by atoms with van der Waals surface area (Å²) in [7, 11) is 1.28. The Balaban J connectivity index is 2.76. The van der Waals surface area contributed by atoms with Crippen LogP contribution in [-0.2, 0) is 14.3 Å². The molecule has 0 radical (unpaired) electrons. The molecule has 0 fully saturated rings. The number of methoxy groups -OCH3 is 1. The zero-order chi connectivity index (χ0) is 14.4. The molecule has 1 amide bonds. The molecule has 0 heterocycles. The fourth-order valence-corrected chi connectivity index (χ4v) is 1.29. The largest absolute Gasteiger partial charge is 0.478 e. The fourth-order valence-electron chi connectivity index (χ4n) is 1.29. The second-order valence-electron chi connectivity index (χ2n) is 3.69. The lowest BCUT2D eigenvalue weighted by Gasteiger charge is -2.05. The maximum Gasteiger partial charge on any atom is 0.337 e. The lowest BCUT2D eigenvalue weighted by Crippen LogP contribution is -2.14. The van der Waals surface area contributed by atoms with Crippen molar-refractivity contribution in [2.24, 2.45) is 0 Å². The molecule has 1 aromatic carbocycles. The van der Waals surface area contributed by atoms with Gasteiger partial charge in [-0.1, -0.05) is 0 Å². The Bertz CT molecular complexity index is 530. The molecule has 19 heavy (non-hydrogen) atoms. The summed E-state index contributed by atoms with van der Waals surface area (Å²) in [5.74, 6) is -2.18. The highest BCUT2D eigenvalue weighted by Gasteiger charge is 2.08. The number of amides is 1. The van der Waals surface area contributed by atoms with E-state index >= 15 is 0 Å². The predicted molar refractivity (Wildman–Crippen MR) is 67.8 cm³/mol. The number of esters is 1. The molecule has 0 aliphatic carbocycles. The monoisotopic (exact) mass is 263 g/mol. The highest BCUT2D eigenvalue weighted by molar-refractivity contribution is 6.06. The Labute approximate surface area is 109 Å². The van der Waals surface area contributed by atoms with Gasteiger partial charge in [0.25, 0.3) is 5.91 Å². The van der Waals surface area contributed by atoms with Gasteiger partial charge in [0.05, 0.1) is 12.7 Å². The van der Waals surface area contributed by atoms with Crippen molar-refractivity contribution in [3.8, 4) is 0 Å². The number of anilines is 1. The molecule has 0 saturated heterocycles. The first-order valence-electron chi connectivity index (χ1n) is 5.35. The first-order valence-corrected chi connectivity index (χ1v) is 5.35. The molecule has 6 nitrogen and oxygen atoms in total. The molecule has 0 aliphatic rings. The van der Waals surface area contributed by atoms with Crippen molar-refractivity contribution in [3.05, 3.63) is 41.5 Å². The van der Waals surface area contributed by atoms with E-state index in [-0.39, 0.29) is 5.57 Å². The summed E-state index contributed by atoms with van der Waals surface area (Å²) in [5, 5.41) is 11.0. The summed E-state index contributed by atoms with van der Waals surface area (Å²) in [5.41, 5.74) is 0.888. The predicted octanol–water partition coefficient (Wildman–Crippen LogP) is 1.44. The Hall–Kier alpha value is -2.63. The summed E-state index contributed by atoms with van der Waals surface area (Å²) in [6.07, 6.45) is 0.818. The number of benzene rings is 1. The molecule has 2 N–H and O–H groups in total. The average molecular weight is 263 g/mol. The molecule has 0 saturated carbocycles. The van der Waals surface area contributed by atoms with Crippen molar-refractivity contribution < 1.29 is 24.2 Å². The van der Waals surface area contributed by atoms with Crippen LogP contribution >= 0.6 is 0 Å². The van der Waals surface area contributed by atoms with Crippen LogP contribution in [0.2, 0.25) is 0 Å². The standard InChI is InChI=1S/C13H13NO5/c1-8(7-11(15)16)12(17)14-10-5-3-9(4-6-10)13(18)19-2/h3-7H,1-2H3,(H,14,17)(H,15,16)/b8-7-. The summed E-state index contributed by atoms with van der Waals surface area (Å²) in [6, 6.07) is 6.05. The van der Waals surface area contributed by atoms with E-state index in [0.29, 0.717) is 11.3 Å². The molecule has 1 aromatic rings. The van der Waals surface area contributed by atoms with Gasteiger partial charge in [-0.2, -0.15) is 0 Å².